The molecule has 0 bridgehead atoms. The number of carbonyl (C=O) groups is 1. The first-order valence-corrected chi connectivity index (χ1v) is 7.12. The molecule has 2 rings (SSSR count). The average Bonchev–Trinajstić information content (AvgIpc) is 2.39. The van der Waals surface area contributed by atoms with Crippen molar-refractivity contribution in [1.82, 2.24) is 0 Å². The highest BCUT2D eigenvalue weighted by Gasteiger charge is 2.13. The minimum absolute atomic E-state index is 0.0241. The number of halogens is 3. The zero-order valence-electron chi connectivity index (χ0n) is 10.1. The van der Waals surface area contributed by atoms with Crippen molar-refractivity contribution in [2.75, 3.05) is 0 Å². The fourth-order valence-electron chi connectivity index (χ4n) is 1.56. The molecular weight excluding hydrogens is 367 g/mol. The molecule has 20 heavy (non-hydrogen) atoms. The number of aromatic carboxylic acids is 1. The van der Waals surface area contributed by atoms with E-state index in [-0.39, 0.29) is 21.4 Å². The zero-order chi connectivity index (χ0) is 14.7. The van der Waals surface area contributed by atoms with Crippen LogP contribution in [0.2, 0.25) is 10.0 Å². The molecule has 0 saturated carbocycles. The van der Waals surface area contributed by atoms with Crippen molar-refractivity contribution in [2.24, 2.45) is 0 Å². The quantitative estimate of drug-likeness (QED) is 0.814. The predicted molar refractivity (Wildman–Crippen MR) is 81.9 cm³/mol. The van der Waals surface area contributed by atoms with E-state index in [2.05, 4.69) is 15.9 Å². The number of rotatable bonds is 4. The van der Waals surface area contributed by atoms with Gasteiger partial charge in [-0.25, -0.2) is 4.79 Å². The molecule has 2 aromatic carbocycles. The lowest BCUT2D eigenvalue weighted by molar-refractivity contribution is 0.0697. The van der Waals surface area contributed by atoms with Gasteiger partial charge in [0, 0.05) is 4.47 Å². The summed E-state index contributed by atoms with van der Waals surface area (Å²) in [6.07, 6.45) is 0. The summed E-state index contributed by atoms with van der Waals surface area (Å²) in [5.41, 5.74) is 0.971. The van der Waals surface area contributed by atoms with E-state index in [0.717, 1.165) is 10.0 Å². The molecule has 0 aromatic heterocycles. The monoisotopic (exact) mass is 374 g/mol. The van der Waals surface area contributed by atoms with E-state index in [1.165, 1.54) is 12.1 Å². The minimum atomic E-state index is -1.09. The Kier molecular flexibility index (Phi) is 4.91. The molecule has 0 heterocycles. The molecule has 0 unspecified atom stereocenters. The molecule has 0 aliphatic rings. The number of benzene rings is 2. The number of ether oxygens (including phenoxy) is 1. The molecule has 1 N–H and O–H groups in total. The summed E-state index contributed by atoms with van der Waals surface area (Å²) in [7, 11) is 0. The third kappa shape index (κ3) is 3.66. The lowest BCUT2D eigenvalue weighted by atomic mass is 10.2. The largest absolute Gasteiger partial charge is 0.486 e. The Labute approximate surface area is 134 Å². The molecule has 0 fully saturated rings. The average molecular weight is 376 g/mol. The fraction of sp³-hybridized carbons (Fsp3) is 0.0714. The minimum Gasteiger partial charge on any atom is -0.486 e. The first-order chi connectivity index (χ1) is 9.47. The maximum Gasteiger partial charge on any atom is 0.335 e. The van der Waals surface area contributed by atoms with Gasteiger partial charge >= 0.3 is 5.97 Å². The van der Waals surface area contributed by atoms with Crippen LogP contribution in [0.5, 0.6) is 5.75 Å². The van der Waals surface area contributed by atoms with Crippen LogP contribution in [0.4, 0.5) is 0 Å². The van der Waals surface area contributed by atoms with E-state index < -0.39 is 5.97 Å². The smallest absolute Gasteiger partial charge is 0.335 e. The Morgan fingerprint density at radius 1 is 1.15 bits per heavy atom. The van der Waals surface area contributed by atoms with Gasteiger partial charge in [0.25, 0.3) is 0 Å². The lowest BCUT2D eigenvalue weighted by Gasteiger charge is -2.11. The van der Waals surface area contributed by atoms with E-state index in [0.29, 0.717) is 6.61 Å². The first kappa shape index (κ1) is 15.2. The van der Waals surface area contributed by atoms with Crippen molar-refractivity contribution in [3.8, 4) is 5.75 Å². The van der Waals surface area contributed by atoms with Gasteiger partial charge in [-0.15, -0.1) is 0 Å². The van der Waals surface area contributed by atoms with Crippen LogP contribution in [0.25, 0.3) is 0 Å². The van der Waals surface area contributed by atoms with Crippen LogP contribution in [0.3, 0.4) is 0 Å². The van der Waals surface area contributed by atoms with Crippen molar-refractivity contribution in [3.05, 3.63) is 62.0 Å². The second-order valence-electron chi connectivity index (χ2n) is 3.99. The van der Waals surface area contributed by atoms with Crippen molar-refractivity contribution in [3.63, 3.8) is 0 Å². The zero-order valence-corrected chi connectivity index (χ0v) is 13.2. The van der Waals surface area contributed by atoms with Gasteiger partial charge in [-0.05, 0) is 29.8 Å². The van der Waals surface area contributed by atoms with Crippen LogP contribution >= 0.6 is 39.1 Å². The Balaban J connectivity index is 2.17. The molecule has 2 aromatic rings. The van der Waals surface area contributed by atoms with E-state index in [1.807, 2.05) is 24.3 Å². The van der Waals surface area contributed by atoms with Crippen LogP contribution in [0, 0.1) is 0 Å². The summed E-state index contributed by atoms with van der Waals surface area (Å²) < 4.78 is 6.53. The van der Waals surface area contributed by atoms with Gasteiger partial charge in [0.1, 0.15) is 6.61 Å². The lowest BCUT2D eigenvalue weighted by Crippen LogP contribution is -2.00. The second kappa shape index (κ2) is 6.48. The molecule has 0 aliphatic carbocycles. The predicted octanol–water partition coefficient (Wildman–Crippen LogP) is 5.03. The van der Waals surface area contributed by atoms with Gasteiger partial charge in [-0.3, -0.25) is 0 Å². The second-order valence-corrected chi connectivity index (χ2v) is 5.72. The van der Waals surface area contributed by atoms with Gasteiger partial charge in [-0.2, -0.15) is 0 Å². The molecule has 0 spiro atoms. The van der Waals surface area contributed by atoms with Gasteiger partial charge in [0.15, 0.2) is 5.75 Å². The van der Waals surface area contributed by atoms with Crippen LogP contribution in [0.1, 0.15) is 15.9 Å². The van der Waals surface area contributed by atoms with Crippen LogP contribution in [-0.4, -0.2) is 11.1 Å². The highest BCUT2D eigenvalue weighted by molar-refractivity contribution is 9.10. The summed E-state index contributed by atoms with van der Waals surface area (Å²) in [6.45, 7) is 0.291. The summed E-state index contributed by atoms with van der Waals surface area (Å²) >= 11 is 15.3. The van der Waals surface area contributed by atoms with E-state index in [4.69, 9.17) is 33.0 Å². The Bertz CT molecular complexity index is 618. The maximum absolute atomic E-state index is 10.9. The number of carboxylic acids is 1. The highest BCUT2D eigenvalue weighted by Crippen LogP contribution is 2.34. The molecule has 0 atom stereocenters. The normalized spacial score (nSPS) is 10.3. The highest BCUT2D eigenvalue weighted by atomic mass is 79.9. The molecule has 6 heteroatoms. The molecular formula is C14H9BrCl2O3. The number of hydrogen-bond acceptors (Lipinski definition) is 2. The number of carboxylic acid groups (broad SMARTS) is 1. The van der Waals surface area contributed by atoms with Crippen LogP contribution in [0.15, 0.2) is 40.9 Å². The van der Waals surface area contributed by atoms with Crippen LogP contribution in [-0.2, 0) is 6.61 Å². The fourth-order valence-corrected chi connectivity index (χ4v) is 2.42. The summed E-state index contributed by atoms with van der Waals surface area (Å²) in [5, 5.41) is 9.24. The van der Waals surface area contributed by atoms with Crippen LogP contribution < -0.4 is 4.74 Å². The van der Waals surface area contributed by atoms with Crippen molar-refractivity contribution < 1.29 is 14.6 Å². The molecule has 0 radical (unpaired) electrons. The molecule has 0 amide bonds. The third-order valence-electron chi connectivity index (χ3n) is 2.54. The van der Waals surface area contributed by atoms with Crippen molar-refractivity contribution in [2.45, 2.75) is 6.61 Å². The number of hydrogen-bond donors (Lipinski definition) is 1. The summed E-state index contributed by atoms with van der Waals surface area (Å²) in [5.74, 6) is -0.811. The Morgan fingerprint density at radius 3 is 2.20 bits per heavy atom. The van der Waals surface area contributed by atoms with E-state index in [9.17, 15) is 4.79 Å². The van der Waals surface area contributed by atoms with Crippen molar-refractivity contribution >= 4 is 45.1 Å². The van der Waals surface area contributed by atoms with E-state index >= 15 is 0 Å². The van der Waals surface area contributed by atoms with Crippen molar-refractivity contribution in [1.29, 1.82) is 0 Å². The van der Waals surface area contributed by atoms with Gasteiger partial charge in [0.2, 0.25) is 0 Å². The van der Waals surface area contributed by atoms with Gasteiger partial charge in [-0.1, -0.05) is 51.3 Å². The van der Waals surface area contributed by atoms with Gasteiger partial charge in [0.05, 0.1) is 15.6 Å². The van der Waals surface area contributed by atoms with E-state index in [1.54, 1.807) is 0 Å². The first-order valence-electron chi connectivity index (χ1n) is 5.57. The third-order valence-corrected chi connectivity index (χ3v) is 3.63. The Morgan fingerprint density at radius 2 is 1.70 bits per heavy atom. The standard InChI is InChI=1S/C14H9BrCl2O3/c15-10-3-1-8(2-4-10)7-20-13-11(16)5-9(14(18)19)6-12(13)17/h1-6H,7H2,(H,18,19). The SMILES string of the molecule is O=C(O)c1cc(Cl)c(OCc2ccc(Br)cc2)c(Cl)c1. The molecule has 0 aliphatic heterocycles. The molecule has 0 saturated heterocycles. The summed E-state index contributed by atoms with van der Waals surface area (Å²) in [4.78, 5) is 10.9. The Hall–Kier alpha value is -1.23. The topological polar surface area (TPSA) is 46.5 Å². The van der Waals surface area contributed by atoms with Gasteiger partial charge < -0.3 is 9.84 Å². The molecule has 104 valence electrons. The molecule has 3 nitrogen and oxygen atoms in total. The summed E-state index contributed by atoms with van der Waals surface area (Å²) in [6, 6.07) is 10.2. The maximum atomic E-state index is 10.9.